The minimum Gasteiger partial charge on any atom is -0.271 e. The Balaban J connectivity index is 2.13. The molecule has 1 heterocycles. The third-order valence-electron chi connectivity index (χ3n) is 2.90. The van der Waals surface area contributed by atoms with E-state index in [2.05, 4.69) is 9.44 Å². The van der Waals surface area contributed by atoms with E-state index in [-0.39, 0.29) is 11.8 Å². The predicted molar refractivity (Wildman–Crippen MR) is 83.0 cm³/mol. The molecule has 1 aromatic rings. The SMILES string of the molecule is CC(C)NS(=O)(=O)Nc1ccc(N2CCCS2(=O)=O)cc1. The summed E-state index contributed by atoms with van der Waals surface area (Å²) >= 11 is 0. The van der Waals surface area contributed by atoms with Crippen molar-refractivity contribution in [1.29, 1.82) is 0 Å². The fourth-order valence-corrected chi connectivity index (χ4v) is 4.81. The van der Waals surface area contributed by atoms with Crippen molar-refractivity contribution >= 4 is 31.6 Å². The van der Waals surface area contributed by atoms with Crippen molar-refractivity contribution in [2.24, 2.45) is 0 Å². The Hall–Kier alpha value is -1.32. The van der Waals surface area contributed by atoms with Crippen molar-refractivity contribution in [1.82, 2.24) is 4.72 Å². The second-order valence-electron chi connectivity index (χ2n) is 5.17. The topological polar surface area (TPSA) is 95.6 Å². The summed E-state index contributed by atoms with van der Waals surface area (Å²) < 4.78 is 53.2. The minimum atomic E-state index is -3.62. The van der Waals surface area contributed by atoms with E-state index in [0.29, 0.717) is 24.3 Å². The van der Waals surface area contributed by atoms with Gasteiger partial charge in [0, 0.05) is 18.3 Å². The van der Waals surface area contributed by atoms with Gasteiger partial charge in [0.2, 0.25) is 10.0 Å². The molecule has 21 heavy (non-hydrogen) atoms. The second-order valence-corrected chi connectivity index (χ2v) is 8.63. The molecule has 7 nitrogen and oxygen atoms in total. The molecule has 1 saturated heterocycles. The molecule has 1 fully saturated rings. The number of anilines is 2. The van der Waals surface area contributed by atoms with E-state index in [1.54, 1.807) is 38.1 Å². The summed E-state index contributed by atoms with van der Waals surface area (Å²) in [5.41, 5.74) is 0.927. The average Bonchev–Trinajstić information content (AvgIpc) is 2.67. The van der Waals surface area contributed by atoms with Crippen LogP contribution < -0.4 is 13.7 Å². The Morgan fingerprint density at radius 1 is 1.19 bits per heavy atom. The largest absolute Gasteiger partial charge is 0.299 e. The summed E-state index contributed by atoms with van der Waals surface area (Å²) in [6.45, 7) is 3.91. The van der Waals surface area contributed by atoms with Crippen molar-refractivity contribution in [3.05, 3.63) is 24.3 Å². The van der Waals surface area contributed by atoms with Crippen molar-refractivity contribution in [2.75, 3.05) is 21.3 Å². The molecule has 0 saturated carbocycles. The summed E-state index contributed by atoms with van der Waals surface area (Å²) in [6, 6.07) is 6.06. The Morgan fingerprint density at radius 3 is 2.29 bits per heavy atom. The minimum absolute atomic E-state index is 0.152. The number of benzene rings is 1. The highest BCUT2D eigenvalue weighted by Crippen LogP contribution is 2.25. The van der Waals surface area contributed by atoms with Crippen LogP contribution in [0.5, 0.6) is 0 Å². The number of sulfonamides is 1. The molecule has 2 N–H and O–H groups in total. The molecule has 2 rings (SSSR count). The first-order valence-corrected chi connectivity index (χ1v) is 9.69. The van der Waals surface area contributed by atoms with E-state index in [1.165, 1.54) is 4.31 Å². The van der Waals surface area contributed by atoms with Crippen LogP contribution in [0.15, 0.2) is 24.3 Å². The molecule has 0 atom stereocenters. The molecule has 0 unspecified atom stereocenters. The molecule has 0 amide bonds. The van der Waals surface area contributed by atoms with Crippen LogP contribution in [0.25, 0.3) is 0 Å². The van der Waals surface area contributed by atoms with E-state index < -0.39 is 20.2 Å². The highest BCUT2D eigenvalue weighted by atomic mass is 32.2. The maximum absolute atomic E-state index is 11.8. The van der Waals surface area contributed by atoms with Crippen molar-refractivity contribution < 1.29 is 16.8 Å². The lowest BCUT2D eigenvalue weighted by atomic mass is 10.3. The third kappa shape index (κ3) is 4.08. The van der Waals surface area contributed by atoms with Gasteiger partial charge in [0.15, 0.2) is 0 Å². The van der Waals surface area contributed by atoms with Gasteiger partial charge in [0.05, 0.1) is 11.4 Å². The van der Waals surface area contributed by atoms with Crippen LogP contribution in [-0.4, -0.2) is 35.2 Å². The van der Waals surface area contributed by atoms with Crippen molar-refractivity contribution in [2.45, 2.75) is 26.3 Å². The zero-order chi connectivity index (χ0) is 15.7. The first kappa shape index (κ1) is 16.1. The smallest absolute Gasteiger partial charge is 0.271 e. The fourth-order valence-electron chi connectivity index (χ4n) is 2.12. The number of hydrogen-bond acceptors (Lipinski definition) is 4. The molecule has 9 heteroatoms. The maximum Gasteiger partial charge on any atom is 0.299 e. The van der Waals surface area contributed by atoms with Gasteiger partial charge in [0.25, 0.3) is 10.2 Å². The van der Waals surface area contributed by atoms with Gasteiger partial charge in [-0.1, -0.05) is 0 Å². The monoisotopic (exact) mass is 333 g/mol. The van der Waals surface area contributed by atoms with E-state index >= 15 is 0 Å². The van der Waals surface area contributed by atoms with Crippen LogP contribution in [0.1, 0.15) is 20.3 Å². The standard InChI is InChI=1S/C12H19N3O4S2/c1-10(2)13-21(18,19)14-11-4-6-12(7-5-11)15-8-3-9-20(15,16)17/h4-7,10,13-14H,3,8-9H2,1-2H3. The molecule has 0 aromatic heterocycles. The van der Waals surface area contributed by atoms with Gasteiger partial charge in [-0.05, 0) is 44.5 Å². The van der Waals surface area contributed by atoms with E-state index in [4.69, 9.17) is 0 Å². The van der Waals surface area contributed by atoms with Crippen LogP contribution in [0.3, 0.4) is 0 Å². The van der Waals surface area contributed by atoms with Gasteiger partial charge in [-0.25, -0.2) is 8.42 Å². The molecule has 0 aliphatic carbocycles. The molecular formula is C12H19N3O4S2. The molecule has 1 aromatic carbocycles. The maximum atomic E-state index is 11.8. The Kier molecular flexibility index (Phi) is 4.45. The molecule has 0 bridgehead atoms. The lowest BCUT2D eigenvalue weighted by molar-refractivity contribution is 0.575. The number of hydrogen-bond donors (Lipinski definition) is 2. The number of nitrogens with one attached hydrogen (secondary N) is 2. The summed E-state index contributed by atoms with van der Waals surface area (Å²) in [5.74, 6) is 0.152. The Bertz CT molecular complexity index is 697. The number of rotatable bonds is 5. The molecule has 0 radical (unpaired) electrons. The lowest BCUT2D eigenvalue weighted by Crippen LogP contribution is -2.35. The quantitative estimate of drug-likeness (QED) is 0.836. The summed E-state index contributed by atoms with van der Waals surface area (Å²) in [5, 5.41) is 0. The second kappa shape index (κ2) is 5.82. The van der Waals surface area contributed by atoms with Crippen molar-refractivity contribution in [3.8, 4) is 0 Å². The van der Waals surface area contributed by atoms with E-state index in [0.717, 1.165) is 0 Å². The Labute approximate surface area is 125 Å². The van der Waals surface area contributed by atoms with Crippen LogP contribution in [0.2, 0.25) is 0 Å². The highest BCUT2D eigenvalue weighted by molar-refractivity contribution is 7.93. The van der Waals surface area contributed by atoms with Crippen LogP contribution >= 0.6 is 0 Å². The Morgan fingerprint density at radius 2 is 1.81 bits per heavy atom. The highest BCUT2D eigenvalue weighted by Gasteiger charge is 2.28. The first-order valence-electron chi connectivity index (χ1n) is 6.60. The summed E-state index contributed by atoms with van der Waals surface area (Å²) in [6.07, 6.45) is 0.606. The third-order valence-corrected chi connectivity index (χ3v) is 6.05. The van der Waals surface area contributed by atoms with E-state index in [9.17, 15) is 16.8 Å². The van der Waals surface area contributed by atoms with Gasteiger partial charge in [-0.15, -0.1) is 0 Å². The molecule has 0 spiro atoms. The molecule has 1 aliphatic rings. The molecular weight excluding hydrogens is 314 g/mol. The zero-order valence-electron chi connectivity index (χ0n) is 11.9. The summed E-state index contributed by atoms with van der Waals surface area (Å²) in [7, 11) is -6.84. The lowest BCUT2D eigenvalue weighted by Gasteiger charge is -2.17. The van der Waals surface area contributed by atoms with Gasteiger partial charge in [0.1, 0.15) is 0 Å². The molecule has 118 valence electrons. The van der Waals surface area contributed by atoms with Gasteiger partial charge in [-0.2, -0.15) is 13.1 Å². The zero-order valence-corrected chi connectivity index (χ0v) is 13.5. The van der Waals surface area contributed by atoms with Crippen LogP contribution in [0.4, 0.5) is 11.4 Å². The molecule has 1 aliphatic heterocycles. The fraction of sp³-hybridized carbons (Fsp3) is 0.500. The first-order chi connectivity index (χ1) is 9.70. The van der Waals surface area contributed by atoms with Gasteiger partial charge >= 0.3 is 0 Å². The average molecular weight is 333 g/mol. The van der Waals surface area contributed by atoms with Crippen LogP contribution in [0, 0.1) is 0 Å². The predicted octanol–water partition coefficient (Wildman–Crippen LogP) is 0.881. The van der Waals surface area contributed by atoms with E-state index in [1.807, 2.05) is 0 Å². The summed E-state index contributed by atoms with van der Waals surface area (Å²) in [4.78, 5) is 0. The normalized spacial score (nSPS) is 18.1. The van der Waals surface area contributed by atoms with Gasteiger partial charge < -0.3 is 0 Å². The van der Waals surface area contributed by atoms with Gasteiger partial charge in [-0.3, -0.25) is 9.03 Å². The van der Waals surface area contributed by atoms with Crippen LogP contribution in [-0.2, 0) is 20.2 Å². The van der Waals surface area contributed by atoms with Crippen molar-refractivity contribution in [3.63, 3.8) is 0 Å². The number of nitrogens with zero attached hydrogens (tertiary/aromatic N) is 1.